The number of halogens is 1. The van der Waals surface area contributed by atoms with Crippen LogP contribution in [0.15, 0.2) is 87.1 Å². The number of fused-ring (bicyclic) bond motifs is 2. The van der Waals surface area contributed by atoms with Crippen molar-refractivity contribution in [3.63, 3.8) is 0 Å². The van der Waals surface area contributed by atoms with Crippen molar-refractivity contribution in [3.8, 4) is 22.6 Å². The zero-order chi connectivity index (χ0) is 49.2. The number of aromatic amines is 2. The number of pyridine rings is 4. The number of ketones is 2. The molecule has 2 unspecified atom stereocenters. The van der Waals surface area contributed by atoms with Crippen LogP contribution in [0.2, 0.25) is 0 Å². The standard InChI is InChI=1S/C27H30N2O3.C21H24BrNO3.C6H8BNO2/c1-16-9-10-32-26-22(11-16)13-21(14-24(26)20-6-5-18(3)28-15-20)25(30)8-7-23-17(2)12-19(4)29-27(23)31;1-12-6-7-26-20-16(8-12)10-15(11-18(20)22)19(24)5-4-17-13(2)9-14(3)23-21(17)25;1-5-2-3-6(4-8-5)7(9)10/h5-6,12-16H,7-11H2,1-4H3,(H,29,31);9-12H,4-8H2,1-3H3,(H,23,25);2-4,9-10H,1H3. The Kier molecular flexibility index (Phi) is 17.7. The molecule has 12 nitrogen and oxygen atoms in total. The SMILES string of the molecule is Cc1cc(C)c(CCC(=O)c2cc(Br)c3c(c2)CC(C)CCO3)c(=O)[nH]1.Cc1ccc(-c2cc(C(=O)CCc3c(C)cc(C)[nH]c3=O)cc3c2OCCC(C)C3)cn1.Cc1ccc(B(O)O)cn1. The maximum Gasteiger partial charge on any atom is 0.490 e. The van der Waals surface area contributed by atoms with Gasteiger partial charge in [0, 0.05) is 86.9 Å². The highest BCUT2D eigenvalue weighted by molar-refractivity contribution is 9.10. The van der Waals surface area contributed by atoms with Gasteiger partial charge in [-0.2, -0.15) is 0 Å². The van der Waals surface area contributed by atoms with E-state index in [0.29, 0.717) is 72.0 Å². The number of hydrogen-bond donors (Lipinski definition) is 4. The molecule has 6 heterocycles. The second-order valence-corrected chi connectivity index (χ2v) is 19.2. The molecular formula is C54H62BBrN4O8. The number of Topliss-reactive ketones (excluding diaryl/α,β-unsaturated/α-hetero) is 2. The Morgan fingerprint density at radius 3 is 1.63 bits per heavy atom. The number of carbonyl (C=O) groups excluding carboxylic acids is 2. The number of rotatable bonds is 10. The van der Waals surface area contributed by atoms with Crippen molar-refractivity contribution in [2.24, 2.45) is 11.8 Å². The molecule has 0 fully saturated rings. The number of carbonyl (C=O) groups is 2. The van der Waals surface area contributed by atoms with Crippen LogP contribution in [-0.2, 0) is 25.7 Å². The van der Waals surface area contributed by atoms with Gasteiger partial charge < -0.3 is 29.5 Å². The van der Waals surface area contributed by atoms with Crippen molar-refractivity contribution in [2.45, 2.75) is 107 Å². The molecule has 4 N–H and O–H groups in total. The summed E-state index contributed by atoms with van der Waals surface area (Å²) in [5.41, 5.74) is 12.3. The number of nitrogens with one attached hydrogen (secondary N) is 2. The van der Waals surface area contributed by atoms with E-state index in [0.717, 1.165) is 97.8 Å². The molecule has 14 heteroatoms. The largest absolute Gasteiger partial charge is 0.493 e. The van der Waals surface area contributed by atoms with Crippen LogP contribution in [0, 0.1) is 53.4 Å². The Balaban J connectivity index is 0.000000189. The molecule has 2 aliphatic rings. The summed E-state index contributed by atoms with van der Waals surface area (Å²) in [5.74, 6) is 2.82. The second-order valence-electron chi connectivity index (χ2n) is 18.4. The monoisotopic (exact) mass is 984 g/mol. The van der Waals surface area contributed by atoms with Crippen molar-refractivity contribution in [1.29, 1.82) is 0 Å². The van der Waals surface area contributed by atoms with Gasteiger partial charge in [-0.1, -0.05) is 26.0 Å². The Morgan fingerprint density at radius 2 is 1.16 bits per heavy atom. The second kappa shape index (κ2) is 23.4. The minimum Gasteiger partial charge on any atom is -0.493 e. The number of aromatic nitrogens is 4. The number of H-pyrrole nitrogens is 2. The van der Waals surface area contributed by atoms with Gasteiger partial charge in [-0.05, 0) is 179 Å². The zero-order valence-corrected chi connectivity index (χ0v) is 41.9. The maximum atomic E-state index is 13.2. The third-order valence-electron chi connectivity index (χ3n) is 12.4. The maximum absolute atomic E-state index is 13.2. The van der Waals surface area contributed by atoms with E-state index >= 15 is 0 Å². The molecule has 2 aromatic carbocycles. The highest BCUT2D eigenvalue weighted by atomic mass is 79.9. The van der Waals surface area contributed by atoms with E-state index in [9.17, 15) is 19.2 Å². The lowest BCUT2D eigenvalue weighted by Crippen LogP contribution is -2.29. The van der Waals surface area contributed by atoms with Crippen LogP contribution in [0.5, 0.6) is 11.5 Å². The van der Waals surface area contributed by atoms with Crippen LogP contribution < -0.4 is 26.1 Å². The molecule has 6 aromatic rings. The lowest BCUT2D eigenvalue weighted by Gasteiger charge is -2.16. The minimum absolute atomic E-state index is 0.0328. The van der Waals surface area contributed by atoms with Gasteiger partial charge in [0.1, 0.15) is 11.5 Å². The van der Waals surface area contributed by atoms with Crippen LogP contribution in [0.4, 0.5) is 0 Å². The summed E-state index contributed by atoms with van der Waals surface area (Å²) in [5, 5.41) is 17.3. The fourth-order valence-electron chi connectivity index (χ4n) is 8.60. The smallest absolute Gasteiger partial charge is 0.490 e. The van der Waals surface area contributed by atoms with Crippen molar-refractivity contribution in [1.82, 2.24) is 19.9 Å². The predicted molar refractivity (Wildman–Crippen MR) is 272 cm³/mol. The Morgan fingerprint density at radius 1 is 0.676 bits per heavy atom. The normalized spacial score (nSPS) is 15.0. The van der Waals surface area contributed by atoms with E-state index in [1.807, 2.05) is 96.3 Å². The quantitative estimate of drug-likeness (QED) is 0.0765. The van der Waals surface area contributed by atoms with Crippen LogP contribution in [0.3, 0.4) is 0 Å². The fourth-order valence-corrected chi connectivity index (χ4v) is 9.22. The molecule has 0 aliphatic carbocycles. The number of nitrogens with zero attached hydrogens (tertiary/aromatic N) is 2. The van der Waals surface area contributed by atoms with E-state index in [-0.39, 0.29) is 29.1 Å². The molecule has 0 amide bonds. The molecule has 2 atom stereocenters. The summed E-state index contributed by atoms with van der Waals surface area (Å²) < 4.78 is 12.8. The first-order chi connectivity index (χ1) is 32.4. The summed E-state index contributed by atoms with van der Waals surface area (Å²) in [6, 6.07) is 19.0. The summed E-state index contributed by atoms with van der Waals surface area (Å²) in [6.07, 6.45) is 8.53. The van der Waals surface area contributed by atoms with E-state index in [4.69, 9.17) is 19.5 Å². The Hall–Kier alpha value is -5.96. The highest BCUT2D eigenvalue weighted by Gasteiger charge is 2.23. The van der Waals surface area contributed by atoms with Gasteiger partial charge in [-0.3, -0.25) is 29.1 Å². The molecule has 8 rings (SSSR count). The van der Waals surface area contributed by atoms with Crippen molar-refractivity contribution in [3.05, 3.63) is 166 Å². The van der Waals surface area contributed by atoms with E-state index in [2.05, 4.69) is 49.7 Å². The lowest BCUT2D eigenvalue weighted by molar-refractivity contribution is 0.0974. The van der Waals surface area contributed by atoms with Crippen molar-refractivity contribution >= 4 is 40.1 Å². The van der Waals surface area contributed by atoms with Crippen LogP contribution in [-0.4, -0.2) is 61.9 Å². The van der Waals surface area contributed by atoms with E-state index < -0.39 is 7.12 Å². The molecule has 2 aliphatic heterocycles. The van der Waals surface area contributed by atoms with Gasteiger partial charge in [0.05, 0.1) is 17.7 Å². The van der Waals surface area contributed by atoms with Gasteiger partial charge in [0.15, 0.2) is 11.6 Å². The fraction of sp³-hybridized carbons (Fsp3) is 0.370. The van der Waals surface area contributed by atoms with Crippen LogP contribution in [0.1, 0.15) is 116 Å². The minimum atomic E-state index is -1.41. The summed E-state index contributed by atoms with van der Waals surface area (Å²) >= 11 is 3.55. The summed E-state index contributed by atoms with van der Waals surface area (Å²) in [7, 11) is -1.41. The molecule has 0 spiro atoms. The first-order valence-corrected chi connectivity index (χ1v) is 24.1. The molecule has 4 aromatic heterocycles. The molecule has 68 heavy (non-hydrogen) atoms. The average Bonchev–Trinajstić information content (AvgIpc) is 3.60. The topological polar surface area (TPSA) is 185 Å². The number of aryl methyl sites for hydroxylation is 6. The van der Waals surface area contributed by atoms with Gasteiger partial charge in [0.2, 0.25) is 0 Å². The zero-order valence-electron chi connectivity index (χ0n) is 40.3. The molecule has 0 saturated heterocycles. The Labute approximate surface area is 407 Å². The van der Waals surface area contributed by atoms with Crippen LogP contribution >= 0.6 is 15.9 Å². The molecular weight excluding hydrogens is 923 g/mol. The molecule has 356 valence electrons. The first kappa shape index (κ1) is 51.4. The number of ether oxygens (including phenoxy) is 2. The van der Waals surface area contributed by atoms with E-state index in [1.165, 1.54) is 6.20 Å². The Bertz CT molecular complexity index is 2880. The number of hydrogen-bond acceptors (Lipinski definition) is 10. The third kappa shape index (κ3) is 13.6. The summed E-state index contributed by atoms with van der Waals surface area (Å²) in [4.78, 5) is 64.4. The first-order valence-electron chi connectivity index (χ1n) is 23.3. The summed E-state index contributed by atoms with van der Waals surface area (Å²) in [6.45, 7) is 17.2. The molecule has 0 bridgehead atoms. The van der Waals surface area contributed by atoms with E-state index in [1.54, 1.807) is 12.1 Å². The third-order valence-corrected chi connectivity index (χ3v) is 13.0. The van der Waals surface area contributed by atoms with Crippen molar-refractivity contribution in [2.75, 3.05) is 13.2 Å². The van der Waals surface area contributed by atoms with Gasteiger partial charge in [-0.25, -0.2) is 0 Å². The lowest BCUT2D eigenvalue weighted by atomic mass is 9.82. The van der Waals surface area contributed by atoms with Gasteiger partial charge in [-0.15, -0.1) is 0 Å². The van der Waals surface area contributed by atoms with Crippen molar-refractivity contribution < 1.29 is 29.1 Å². The molecule has 0 radical (unpaired) electrons. The number of benzene rings is 2. The highest BCUT2D eigenvalue weighted by Crippen LogP contribution is 2.39. The molecule has 0 saturated carbocycles. The van der Waals surface area contributed by atoms with Gasteiger partial charge >= 0.3 is 7.12 Å². The van der Waals surface area contributed by atoms with Crippen LogP contribution in [0.25, 0.3) is 11.1 Å². The predicted octanol–water partition coefficient (Wildman–Crippen LogP) is 8.74. The average molecular weight is 986 g/mol. The van der Waals surface area contributed by atoms with Gasteiger partial charge in [0.25, 0.3) is 11.1 Å².